The largest absolute Gasteiger partial charge is 1.00 e. The summed E-state index contributed by atoms with van der Waals surface area (Å²) in [6.07, 6.45) is -5.30. The van der Waals surface area contributed by atoms with Crippen LogP contribution in [0.4, 0.5) is 30.5 Å². The molecule has 1 nitrogen and oxygen atoms in total. The Kier molecular flexibility index (Phi) is 6.00. The summed E-state index contributed by atoms with van der Waals surface area (Å²) < 4.78 is 87.9. The van der Waals surface area contributed by atoms with E-state index in [4.69, 9.17) is 0 Å². The topological polar surface area (TPSA) is 9.23 Å². The van der Waals surface area contributed by atoms with E-state index in [0.717, 1.165) is 0 Å². The molecule has 0 bridgehead atoms. The van der Waals surface area contributed by atoms with Gasteiger partial charge >= 0.3 is 64.7 Å². The first-order valence-electron chi connectivity index (χ1n) is 3.85. The molecule has 0 aromatic heterocycles. The van der Waals surface area contributed by atoms with Crippen molar-refractivity contribution in [3.05, 3.63) is 24.0 Å². The maximum absolute atomic E-state index is 12.8. The molecule has 17 heavy (non-hydrogen) atoms. The number of hydrogen-bond donors (Lipinski definition) is 0. The van der Waals surface area contributed by atoms with Gasteiger partial charge in [-0.15, -0.1) is 13.2 Å². The summed E-state index contributed by atoms with van der Waals surface area (Å²) in [5, 5.41) is 0. The number of hydrogen-bond acceptors (Lipinski definition) is 1. The fourth-order valence-electron chi connectivity index (χ4n) is 1.05. The van der Waals surface area contributed by atoms with Crippen LogP contribution >= 0.6 is 0 Å². The van der Waals surface area contributed by atoms with Crippen molar-refractivity contribution >= 4 is 12.4 Å². The molecular formula is C7H3BF7KO. The molecule has 0 aliphatic carbocycles. The fourth-order valence-corrected chi connectivity index (χ4v) is 1.05. The molecule has 0 aliphatic rings. The molecule has 0 N–H and O–H groups in total. The summed E-state index contributed by atoms with van der Waals surface area (Å²) in [5.74, 6) is -3.38. The summed E-state index contributed by atoms with van der Waals surface area (Å²) in [5.41, 5.74) is -2.01. The van der Waals surface area contributed by atoms with Gasteiger partial charge in [-0.05, 0) is 17.6 Å². The van der Waals surface area contributed by atoms with Gasteiger partial charge in [0.05, 0.1) is 5.82 Å². The van der Waals surface area contributed by atoms with Crippen LogP contribution in [0.5, 0.6) is 5.75 Å². The van der Waals surface area contributed by atoms with Crippen molar-refractivity contribution in [2.24, 2.45) is 0 Å². The third-order valence-electron chi connectivity index (χ3n) is 1.57. The summed E-state index contributed by atoms with van der Waals surface area (Å²) in [4.78, 5) is 0. The number of ether oxygens (including phenoxy) is 1. The monoisotopic (exact) mass is 286 g/mol. The molecule has 0 heterocycles. The van der Waals surface area contributed by atoms with E-state index in [1.165, 1.54) is 0 Å². The average molecular weight is 286 g/mol. The average Bonchev–Trinajstić information content (AvgIpc) is 1.97. The van der Waals surface area contributed by atoms with Crippen LogP contribution in [0.2, 0.25) is 0 Å². The van der Waals surface area contributed by atoms with E-state index in [1.54, 1.807) is 0 Å². The second-order valence-electron chi connectivity index (χ2n) is 2.77. The van der Waals surface area contributed by atoms with E-state index in [9.17, 15) is 30.5 Å². The van der Waals surface area contributed by atoms with Gasteiger partial charge < -0.3 is 17.7 Å². The van der Waals surface area contributed by atoms with Gasteiger partial charge in [0.25, 0.3) is 0 Å². The SMILES string of the molecule is Fc1cccc(OC(F)(F)F)c1[B-](F)(F)F.[K+]. The van der Waals surface area contributed by atoms with Gasteiger partial charge in [-0.1, -0.05) is 6.07 Å². The predicted octanol–water partition coefficient (Wildman–Crippen LogP) is -0.217. The van der Waals surface area contributed by atoms with Crippen molar-refractivity contribution in [2.45, 2.75) is 6.36 Å². The first kappa shape index (κ1) is 17.2. The molecule has 0 fully saturated rings. The van der Waals surface area contributed by atoms with E-state index in [-0.39, 0.29) is 51.4 Å². The van der Waals surface area contributed by atoms with E-state index < -0.39 is 30.4 Å². The number of rotatable bonds is 2. The van der Waals surface area contributed by atoms with Gasteiger partial charge in [-0.25, -0.2) is 4.39 Å². The summed E-state index contributed by atoms with van der Waals surface area (Å²) in [6, 6.07) is 1.51. The number of alkyl halides is 3. The van der Waals surface area contributed by atoms with Crippen molar-refractivity contribution in [2.75, 3.05) is 0 Å². The van der Waals surface area contributed by atoms with Crippen LogP contribution in [0.3, 0.4) is 0 Å². The number of benzene rings is 1. The Morgan fingerprint density at radius 1 is 1.06 bits per heavy atom. The molecule has 1 aromatic carbocycles. The first-order chi connectivity index (χ1) is 7.11. The smallest absolute Gasteiger partial charge is 0.445 e. The van der Waals surface area contributed by atoms with Crippen LogP contribution in [0.15, 0.2) is 18.2 Å². The molecule has 0 saturated carbocycles. The summed E-state index contributed by atoms with van der Waals surface area (Å²) in [7, 11) is 0. The zero-order valence-electron chi connectivity index (χ0n) is 8.36. The maximum atomic E-state index is 12.8. The summed E-state index contributed by atoms with van der Waals surface area (Å²) in [6.45, 7) is -5.92. The van der Waals surface area contributed by atoms with Crippen molar-refractivity contribution in [3.63, 3.8) is 0 Å². The van der Waals surface area contributed by atoms with Crippen LogP contribution in [-0.4, -0.2) is 13.3 Å². The van der Waals surface area contributed by atoms with Gasteiger partial charge in [-0.3, -0.25) is 0 Å². The minimum Gasteiger partial charge on any atom is -0.445 e. The van der Waals surface area contributed by atoms with Gasteiger partial charge in [0.15, 0.2) is 0 Å². The quantitative estimate of drug-likeness (QED) is 0.540. The molecule has 90 valence electrons. The predicted molar refractivity (Wildman–Crippen MR) is 41.8 cm³/mol. The molecule has 0 radical (unpaired) electrons. The van der Waals surface area contributed by atoms with Crippen LogP contribution in [0.25, 0.3) is 0 Å². The molecule has 0 spiro atoms. The van der Waals surface area contributed by atoms with Crippen LogP contribution < -0.4 is 61.6 Å². The van der Waals surface area contributed by atoms with E-state index in [2.05, 4.69) is 4.74 Å². The van der Waals surface area contributed by atoms with Gasteiger partial charge in [0, 0.05) is 0 Å². The second-order valence-corrected chi connectivity index (χ2v) is 2.77. The standard InChI is InChI=1S/C7H3BF7O.K/c9-4-2-1-3-5(16-7(10,11)12)6(4)8(13,14)15;/h1-3H;/q-1;+1. The molecule has 0 amide bonds. The van der Waals surface area contributed by atoms with E-state index in [1.807, 2.05) is 0 Å². The third-order valence-corrected chi connectivity index (χ3v) is 1.57. The Labute approximate surface area is 134 Å². The molecule has 1 rings (SSSR count). The molecular weight excluding hydrogens is 283 g/mol. The number of halogens is 7. The van der Waals surface area contributed by atoms with Crippen LogP contribution in [-0.2, 0) is 0 Å². The molecule has 0 unspecified atom stereocenters. The van der Waals surface area contributed by atoms with Crippen LogP contribution in [0, 0.1) is 5.82 Å². The Morgan fingerprint density at radius 2 is 1.59 bits per heavy atom. The van der Waals surface area contributed by atoms with E-state index in [0.29, 0.717) is 18.2 Å². The molecule has 10 heteroatoms. The zero-order valence-corrected chi connectivity index (χ0v) is 11.5. The first-order valence-corrected chi connectivity index (χ1v) is 3.85. The minimum absolute atomic E-state index is 0. The van der Waals surface area contributed by atoms with Crippen LogP contribution in [0.1, 0.15) is 0 Å². The Bertz CT molecular complexity index is 389. The third kappa shape index (κ3) is 5.16. The van der Waals surface area contributed by atoms with Gasteiger partial charge in [0.1, 0.15) is 5.75 Å². The van der Waals surface area contributed by atoms with Crippen molar-refractivity contribution < 1.29 is 86.6 Å². The second kappa shape index (κ2) is 5.91. The van der Waals surface area contributed by atoms with E-state index >= 15 is 0 Å². The molecule has 0 saturated heterocycles. The molecule has 0 aliphatic heterocycles. The normalized spacial score (nSPS) is 11.9. The van der Waals surface area contributed by atoms with Gasteiger partial charge in [-0.2, -0.15) is 0 Å². The Morgan fingerprint density at radius 3 is 2.00 bits per heavy atom. The summed E-state index contributed by atoms with van der Waals surface area (Å²) >= 11 is 0. The maximum Gasteiger partial charge on any atom is 1.00 e. The zero-order chi connectivity index (χ0) is 12.6. The Balaban J connectivity index is 0.00000256. The molecule has 0 atom stereocenters. The Hall–Kier alpha value is 0.231. The van der Waals surface area contributed by atoms with Crippen molar-refractivity contribution in [3.8, 4) is 5.75 Å². The van der Waals surface area contributed by atoms with Crippen molar-refractivity contribution in [1.82, 2.24) is 0 Å². The van der Waals surface area contributed by atoms with Gasteiger partial charge in [0.2, 0.25) is 0 Å². The van der Waals surface area contributed by atoms with Crippen molar-refractivity contribution in [1.29, 1.82) is 0 Å². The minimum atomic E-state index is -5.92. The molecule has 1 aromatic rings. The fraction of sp³-hybridized carbons (Fsp3) is 0.143.